The third-order valence-corrected chi connectivity index (χ3v) is 4.15. The first-order chi connectivity index (χ1) is 7.33. The summed E-state index contributed by atoms with van der Waals surface area (Å²) in [4.78, 5) is 0. The lowest BCUT2D eigenvalue weighted by Crippen LogP contribution is -2.39. The van der Waals surface area contributed by atoms with Crippen LogP contribution in [0.25, 0.3) is 0 Å². The molecule has 3 rings (SSSR count). The molecule has 1 aliphatic heterocycles. The van der Waals surface area contributed by atoms with Crippen molar-refractivity contribution in [3.05, 3.63) is 34.9 Å². The molecule has 0 spiro atoms. The van der Waals surface area contributed by atoms with E-state index in [1.54, 1.807) is 0 Å². The van der Waals surface area contributed by atoms with Crippen molar-refractivity contribution in [2.75, 3.05) is 6.54 Å². The molecular weight excluding hydrogens is 206 g/mol. The lowest BCUT2D eigenvalue weighted by Gasteiger charge is -2.31. The number of rotatable bonds is 2. The van der Waals surface area contributed by atoms with Gasteiger partial charge >= 0.3 is 0 Å². The van der Waals surface area contributed by atoms with Gasteiger partial charge in [-0.1, -0.05) is 29.8 Å². The van der Waals surface area contributed by atoms with Gasteiger partial charge in [0.05, 0.1) is 0 Å². The van der Waals surface area contributed by atoms with Crippen molar-refractivity contribution in [2.45, 2.75) is 31.2 Å². The Bertz CT molecular complexity index is 365. The monoisotopic (exact) mass is 221 g/mol. The third kappa shape index (κ3) is 1.49. The second kappa shape index (κ2) is 3.50. The molecule has 2 heteroatoms. The molecule has 1 N–H and O–H groups in total. The molecule has 1 unspecified atom stereocenters. The lowest BCUT2D eigenvalue weighted by atomic mass is 9.83. The number of nitrogens with one attached hydrogen (secondary N) is 1. The third-order valence-electron chi connectivity index (χ3n) is 3.82. The second-order valence-corrected chi connectivity index (χ2v) is 5.16. The maximum Gasteiger partial charge on any atom is 0.0478 e. The fourth-order valence-corrected chi connectivity index (χ4v) is 3.27. The first-order valence-electron chi connectivity index (χ1n) is 5.83. The van der Waals surface area contributed by atoms with E-state index in [4.69, 9.17) is 11.6 Å². The van der Waals surface area contributed by atoms with E-state index in [9.17, 15) is 0 Å². The predicted molar refractivity (Wildman–Crippen MR) is 63.1 cm³/mol. The fraction of sp³-hybridized carbons (Fsp3) is 0.538. The van der Waals surface area contributed by atoms with Gasteiger partial charge in [-0.05, 0) is 49.8 Å². The Hall–Kier alpha value is -0.530. The molecule has 15 heavy (non-hydrogen) atoms. The van der Waals surface area contributed by atoms with Crippen LogP contribution in [0.4, 0.5) is 0 Å². The van der Waals surface area contributed by atoms with Gasteiger partial charge in [0.1, 0.15) is 0 Å². The summed E-state index contributed by atoms with van der Waals surface area (Å²) in [7, 11) is 0. The summed E-state index contributed by atoms with van der Waals surface area (Å²) in [5.41, 5.74) is 1.53. The van der Waals surface area contributed by atoms with Gasteiger partial charge in [0.15, 0.2) is 0 Å². The normalized spacial score (nSPS) is 30.7. The molecule has 1 aromatic carbocycles. The van der Waals surface area contributed by atoms with Gasteiger partial charge in [0, 0.05) is 10.6 Å². The molecule has 2 fully saturated rings. The van der Waals surface area contributed by atoms with Crippen molar-refractivity contribution in [3.63, 3.8) is 0 Å². The van der Waals surface area contributed by atoms with Crippen molar-refractivity contribution >= 4 is 11.6 Å². The maximum atomic E-state index is 6.33. The molecule has 1 heterocycles. The van der Waals surface area contributed by atoms with Gasteiger partial charge < -0.3 is 5.32 Å². The van der Waals surface area contributed by atoms with E-state index >= 15 is 0 Å². The maximum absolute atomic E-state index is 6.33. The van der Waals surface area contributed by atoms with Crippen molar-refractivity contribution in [1.82, 2.24) is 5.32 Å². The minimum absolute atomic E-state index is 0.207. The molecule has 2 aliphatic rings. The van der Waals surface area contributed by atoms with Gasteiger partial charge in [0.25, 0.3) is 0 Å². The lowest BCUT2D eigenvalue weighted by molar-refractivity contribution is 0.336. The molecule has 1 aliphatic carbocycles. The summed E-state index contributed by atoms with van der Waals surface area (Å²) >= 11 is 6.33. The Morgan fingerprint density at radius 2 is 2.07 bits per heavy atom. The second-order valence-electron chi connectivity index (χ2n) is 4.76. The molecule has 1 nitrogen and oxygen atoms in total. The zero-order valence-corrected chi connectivity index (χ0v) is 9.56. The average Bonchev–Trinajstić information content (AvgIpc) is 3.00. The summed E-state index contributed by atoms with van der Waals surface area (Å²) in [5, 5.41) is 4.63. The minimum atomic E-state index is 0.207. The van der Waals surface area contributed by atoms with Gasteiger partial charge in [-0.15, -0.1) is 0 Å². The van der Waals surface area contributed by atoms with Crippen LogP contribution in [0.15, 0.2) is 24.3 Å². The van der Waals surface area contributed by atoms with Crippen molar-refractivity contribution in [2.24, 2.45) is 5.92 Å². The Kier molecular flexibility index (Phi) is 2.26. The zero-order valence-electron chi connectivity index (χ0n) is 8.80. The Labute approximate surface area is 95.8 Å². The van der Waals surface area contributed by atoms with Gasteiger partial charge in [-0.25, -0.2) is 0 Å². The summed E-state index contributed by atoms with van der Waals surface area (Å²) in [6.45, 7) is 1.14. The van der Waals surface area contributed by atoms with Gasteiger partial charge in [0.2, 0.25) is 0 Å². The quantitative estimate of drug-likeness (QED) is 0.808. The average molecular weight is 222 g/mol. The van der Waals surface area contributed by atoms with E-state index in [0.29, 0.717) is 0 Å². The fourth-order valence-electron chi connectivity index (χ4n) is 2.96. The Balaban J connectivity index is 2.05. The highest BCUT2D eigenvalue weighted by molar-refractivity contribution is 6.31. The summed E-state index contributed by atoms with van der Waals surface area (Å²) in [5.74, 6) is 0.819. The van der Waals surface area contributed by atoms with Crippen LogP contribution < -0.4 is 5.32 Å². The first kappa shape index (κ1) is 9.68. The zero-order chi connectivity index (χ0) is 10.3. The van der Waals surface area contributed by atoms with Gasteiger partial charge in [-0.2, -0.15) is 0 Å². The summed E-state index contributed by atoms with van der Waals surface area (Å²) in [6, 6.07) is 8.33. The molecule has 1 saturated carbocycles. The van der Waals surface area contributed by atoms with Crippen LogP contribution in [0, 0.1) is 5.92 Å². The van der Waals surface area contributed by atoms with Crippen molar-refractivity contribution < 1.29 is 0 Å². The van der Waals surface area contributed by atoms with E-state index < -0.39 is 0 Å². The number of benzene rings is 1. The largest absolute Gasteiger partial charge is 0.307 e. The van der Waals surface area contributed by atoms with E-state index in [-0.39, 0.29) is 5.54 Å². The van der Waals surface area contributed by atoms with Gasteiger partial charge in [-0.3, -0.25) is 0 Å². The highest BCUT2D eigenvalue weighted by Crippen LogP contribution is 2.51. The molecule has 0 radical (unpaired) electrons. The highest BCUT2D eigenvalue weighted by atomic mass is 35.5. The van der Waals surface area contributed by atoms with Crippen LogP contribution >= 0.6 is 11.6 Å². The van der Waals surface area contributed by atoms with Crippen LogP contribution in [0.1, 0.15) is 31.2 Å². The summed E-state index contributed by atoms with van der Waals surface area (Å²) in [6.07, 6.45) is 5.25. The predicted octanol–water partition coefficient (Wildman–Crippen LogP) is 3.33. The Morgan fingerprint density at radius 3 is 2.67 bits per heavy atom. The molecule has 0 aromatic heterocycles. The Morgan fingerprint density at radius 1 is 1.27 bits per heavy atom. The molecule has 80 valence electrons. The number of hydrogen-bond acceptors (Lipinski definition) is 1. The molecule has 1 aromatic rings. The molecular formula is C13H16ClN. The van der Waals surface area contributed by atoms with E-state index in [1.807, 2.05) is 12.1 Å². The van der Waals surface area contributed by atoms with E-state index in [1.165, 1.54) is 31.2 Å². The molecule has 0 amide bonds. The SMILES string of the molecule is Clc1ccccc1C1(C2CC2)CCCN1. The first-order valence-corrected chi connectivity index (χ1v) is 6.21. The molecule has 1 atom stereocenters. The van der Waals surface area contributed by atoms with Crippen LogP contribution in [0.2, 0.25) is 5.02 Å². The van der Waals surface area contributed by atoms with Crippen LogP contribution in [-0.2, 0) is 5.54 Å². The standard InChI is InChI=1S/C13H16ClN/c14-12-5-2-1-4-11(12)13(10-6-7-10)8-3-9-15-13/h1-2,4-5,10,15H,3,6-9H2. The van der Waals surface area contributed by atoms with E-state index in [0.717, 1.165) is 17.5 Å². The minimum Gasteiger partial charge on any atom is -0.307 e. The van der Waals surface area contributed by atoms with Crippen molar-refractivity contribution in [1.29, 1.82) is 0 Å². The van der Waals surface area contributed by atoms with Crippen LogP contribution in [0.3, 0.4) is 0 Å². The van der Waals surface area contributed by atoms with Crippen LogP contribution in [-0.4, -0.2) is 6.54 Å². The van der Waals surface area contributed by atoms with Crippen molar-refractivity contribution in [3.8, 4) is 0 Å². The molecule has 0 bridgehead atoms. The number of halogens is 1. The topological polar surface area (TPSA) is 12.0 Å². The number of hydrogen-bond donors (Lipinski definition) is 1. The smallest absolute Gasteiger partial charge is 0.0478 e. The van der Waals surface area contributed by atoms with Crippen LogP contribution in [0.5, 0.6) is 0 Å². The summed E-state index contributed by atoms with van der Waals surface area (Å²) < 4.78 is 0. The molecule has 1 saturated heterocycles. The highest BCUT2D eigenvalue weighted by Gasteiger charge is 2.48. The van der Waals surface area contributed by atoms with E-state index in [2.05, 4.69) is 17.4 Å².